The first-order valence-corrected chi connectivity index (χ1v) is 12.4. The van der Waals surface area contributed by atoms with Gasteiger partial charge in [-0.1, -0.05) is 87.3 Å². The van der Waals surface area contributed by atoms with Crippen molar-refractivity contribution in [3.05, 3.63) is 83.0 Å². The number of carbonyl (C=O) groups is 1. The number of benzene rings is 1. The average molecular weight is 415 g/mol. The van der Waals surface area contributed by atoms with Crippen molar-refractivity contribution in [1.29, 1.82) is 0 Å². The van der Waals surface area contributed by atoms with Crippen LogP contribution in [0.15, 0.2) is 71.9 Å². The zero-order chi connectivity index (χ0) is 21.8. The molecule has 4 rings (SSSR count). The quantitative estimate of drug-likeness (QED) is 0.478. The van der Waals surface area contributed by atoms with Gasteiger partial charge in [0.05, 0.1) is 5.92 Å². The molecular formula is C30H38O. The summed E-state index contributed by atoms with van der Waals surface area (Å²) in [6.45, 7) is 8.83. The lowest BCUT2D eigenvalue weighted by molar-refractivity contribution is -0.118. The molecule has 0 spiro atoms. The zero-order valence-corrected chi connectivity index (χ0v) is 19.4. The van der Waals surface area contributed by atoms with E-state index in [0.29, 0.717) is 5.92 Å². The van der Waals surface area contributed by atoms with Crippen molar-refractivity contribution in [1.82, 2.24) is 0 Å². The van der Waals surface area contributed by atoms with E-state index in [2.05, 4.69) is 56.8 Å². The van der Waals surface area contributed by atoms with Crippen molar-refractivity contribution >= 4 is 5.78 Å². The van der Waals surface area contributed by atoms with Gasteiger partial charge in [-0.2, -0.15) is 0 Å². The molecule has 1 nitrogen and oxygen atoms in total. The number of hydrogen-bond donors (Lipinski definition) is 0. The fraction of sp³-hybridized carbons (Fsp3) is 0.500. The molecule has 0 N–H and O–H groups in total. The predicted molar refractivity (Wildman–Crippen MR) is 131 cm³/mol. The van der Waals surface area contributed by atoms with Crippen LogP contribution in [-0.2, 0) is 11.2 Å². The minimum absolute atomic E-state index is 0.0199. The standard InChI is InChI=1S/C30H38O/c1-4-24-17-18-29(31)30(27-7-5-6-8-27)28(24)20-22(3)19-23-11-15-26(16-12-23)25-13-9-21(2)10-14-25/h4,11-12,15-18,20-21,25,27,30H,3,5-10,13-14,19H2,1-2H3/b24-4-,28-20+. The molecule has 1 unspecified atom stereocenters. The van der Waals surface area contributed by atoms with Crippen molar-refractivity contribution in [3.8, 4) is 0 Å². The van der Waals surface area contributed by atoms with Crippen LogP contribution in [0.2, 0.25) is 0 Å². The second-order valence-electron chi connectivity index (χ2n) is 10.1. The zero-order valence-electron chi connectivity index (χ0n) is 19.4. The number of carbonyl (C=O) groups excluding carboxylic acids is 1. The summed E-state index contributed by atoms with van der Waals surface area (Å²) in [7, 11) is 0. The van der Waals surface area contributed by atoms with Crippen molar-refractivity contribution in [3.63, 3.8) is 0 Å². The Morgan fingerprint density at radius 2 is 1.68 bits per heavy atom. The van der Waals surface area contributed by atoms with Crippen LogP contribution in [0.25, 0.3) is 0 Å². The third kappa shape index (κ3) is 5.20. The van der Waals surface area contributed by atoms with Gasteiger partial charge in [0.2, 0.25) is 0 Å². The highest BCUT2D eigenvalue weighted by Crippen LogP contribution is 2.41. The first-order chi connectivity index (χ1) is 15.0. The third-order valence-electron chi connectivity index (χ3n) is 7.84. The third-order valence-corrected chi connectivity index (χ3v) is 7.84. The lowest BCUT2D eigenvalue weighted by atomic mass is 9.74. The van der Waals surface area contributed by atoms with E-state index in [0.717, 1.165) is 23.8 Å². The van der Waals surface area contributed by atoms with E-state index in [4.69, 9.17) is 0 Å². The first-order valence-electron chi connectivity index (χ1n) is 12.4. The number of ketones is 1. The maximum atomic E-state index is 12.8. The summed E-state index contributed by atoms with van der Waals surface area (Å²) in [6, 6.07) is 9.24. The molecule has 0 amide bonds. The minimum Gasteiger partial charge on any atom is -0.294 e. The van der Waals surface area contributed by atoms with Crippen LogP contribution in [0.4, 0.5) is 0 Å². The maximum Gasteiger partial charge on any atom is 0.163 e. The van der Waals surface area contributed by atoms with Crippen molar-refractivity contribution in [2.24, 2.45) is 17.8 Å². The van der Waals surface area contributed by atoms with Crippen molar-refractivity contribution in [2.45, 2.75) is 77.6 Å². The summed E-state index contributed by atoms with van der Waals surface area (Å²) in [5.74, 6) is 2.42. The molecule has 0 heterocycles. The Labute approximate surface area is 189 Å². The highest BCUT2D eigenvalue weighted by Gasteiger charge is 2.35. The normalized spacial score (nSPS) is 29.7. The Bertz CT molecular complexity index is 881. The summed E-state index contributed by atoms with van der Waals surface area (Å²) in [4.78, 5) is 12.8. The smallest absolute Gasteiger partial charge is 0.163 e. The van der Waals surface area contributed by atoms with Gasteiger partial charge >= 0.3 is 0 Å². The molecule has 0 radical (unpaired) electrons. The van der Waals surface area contributed by atoms with Crippen LogP contribution in [0.5, 0.6) is 0 Å². The molecule has 0 bridgehead atoms. The van der Waals surface area contributed by atoms with E-state index in [1.807, 2.05) is 6.08 Å². The van der Waals surface area contributed by atoms with Crippen LogP contribution in [0.1, 0.15) is 82.3 Å². The molecule has 2 fully saturated rings. The summed E-state index contributed by atoms with van der Waals surface area (Å²) in [5.41, 5.74) is 6.30. The number of allylic oxidation sites excluding steroid dienone is 7. The fourth-order valence-electron chi connectivity index (χ4n) is 5.95. The van der Waals surface area contributed by atoms with Crippen LogP contribution >= 0.6 is 0 Å². The Hall–Kier alpha value is -2.15. The van der Waals surface area contributed by atoms with E-state index in [-0.39, 0.29) is 11.7 Å². The summed E-state index contributed by atoms with van der Waals surface area (Å²) in [6.07, 6.45) is 19.2. The van der Waals surface area contributed by atoms with Gasteiger partial charge < -0.3 is 0 Å². The lowest BCUT2D eigenvalue weighted by Crippen LogP contribution is -2.26. The minimum atomic E-state index is 0.0199. The molecule has 164 valence electrons. The predicted octanol–water partition coefficient (Wildman–Crippen LogP) is 7.90. The largest absolute Gasteiger partial charge is 0.294 e. The van der Waals surface area contributed by atoms with Crippen LogP contribution in [-0.4, -0.2) is 5.78 Å². The summed E-state index contributed by atoms with van der Waals surface area (Å²) >= 11 is 0. The Morgan fingerprint density at radius 1 is 1.00 bits per heavy atom. The van der Waals surface area contributed by atoms with Gasteiger partial charge in [0, 0.05) is 0 Å². The molecule has 1 aromatic rings. The average Bonchev–Trinajstić information content (AvgIpc) is 3.29. The highest BCUT2D eigenvalue weighted by atomic mass is 16.1. The van der Waals surface area contributed by atoms with E-state index >= 15 is 0 Å². The Kier molecular flexibility index (Phi) is 7.10. The van der Waals surface area contributed by atoms with E-state index in [1.54, 1.807) is 6.08 Å². The molecule has 0 saturated heterocycles. The Morgan fingerprint density at radius 3 is 2.32 bits per heavy atom. The van der Waals surface area contributed by atoms with Gasteiger partial charge in [0.15, 0.2) is 5.78 Å². The second-order valence-corrected chi connectivity index (χ2v) is 10.1. The molecule has 3 aliphatic carbocycles. The SMILES string of the molecule is C=C(/C=C1\C(=C/C)C=CC(=O)C1C1CCCC1)Cc1ccc(C2CCC(C)CC2)cc1. The van der Waals surface area contributed by atoms with Gasteiger partial charge in [-0.25, -0.2) is 0 Å². The molecule has 3 aliphatic rings. The summed E-state index contributed by atoms with van der Waals surface area (Å²) < 4.78 is 0. The number of rotatable bonds is 5. The molecule has 1 aromatic carbocycles. The molecule has 2 saturated carbocycles. The van der Waals surface area contributed by atoms with Gasteiger partial charge in [-0.05, 0) is 85.1 Å². The van der Waals surface area contributed by atoms with Gasteiger partial charge in [-0.15, -0.1) is 0 Å². The van der Waals surface area contributed by atoms with Crippen molar-refractivity contribution < 1.29 is 4.79 Å². The molecule has 1 atom stereocenters. The summed E-state index contributed by atoms with van der Waals surface area (Å²) in [5, 5.41) is 0. The first kappa shape index (κ1) is 22.1. The maximum absolute atomic E-state index is 12.8. The molecular weight excluding hydrogens is 376 g/mol. The molecule has 1 heteroatoms. The topological polar surface area (TPSA) is 17.1 Å². The number of hydrogen-bond acceptors (Lipinski definition) is 1. The van der Waals surface area contributed by atoms with E-state index in [9.17, 15) is 4.79 Å². The molecule has 31 heavy (non-hydrogen) atoms. The Balaban J connectivity index is 1.47. The highest BCUT2D eigenvalue weighted by molar-refractivity contribution is 5.97. The lowest BCUT2D eigenvalue weighted by Gasteiger charge is -2.28. The van der Waals surface area contributed by atoms with Gasteiger partial charge in [-0.3, -0.25) is 4.79 Å². The van der Waals surface area contributed by atoms with E-state index in [1.165, 1.54) is 73.6 Å². The monoisotopic (exact) mass is 414 g/mol. The molecule has 0 aromatic heterocycles. The van der Waals surface area contributed by atoms with Crippen LogP contribution < -0.4 is 0 Å². The van der Waals surface area contributed by atoms with Gasteiger partial charge in [0.25, 0.3) is 0 Å². The van der Waals surface area contributed by atoms with Crippen LogP contribution in [0, 0.1) is 17.8 Å². The second kappa shape index (κ2) is 9.98. The van der Waals surface area contributed by atoms with Crippen molar-refractivity contribution in [2.75, 3.05) is 0 Å². The van der Waals surface area contributed by atoms with Gasteiger partial charge in [0.1, 0.15) is 0 Å². The van der Waals surface area contributed by atoms with Crippen LogP contribution in [0.3, 0.4) is 0 Å². The molecule has 0 aliphatic heterocycles. The fourth-order valence-corrected chi connectivity index (χ4v) is 5.95. The van der Waals surface area contributed by atoms with E-state index < -0.39 is 0 Å².